The van der Waals surface area contributed by atoms with Crippen LogP contribution in [0.4, 0.5) is 18.9 Å². The van der Waals surface area contributed by atoms with Gasteiger partial charge in [0.05, 0.1) is 0 Å². The summed E-state index contributed by atoms with van der Waals surface area (Å²) >= 11 is 0. The monoisotopic (exact) mass is 296 g/mol. The molecule has 0 aliphatic rings. The van der Waals surface area contributed by atoms with Gasteiger partial charge in [-0.1, -0.05) is 12.1 Å². The number of hydrogen-bond acceptors (Lipinski definition) is 3. The van der Waals surface area contributed by atoms with Crippen LogP contribution >= 0.6 is 0 Å². The van der Waals surface area contributed by atoms with Crippen molar-refractivity contribution in [2.45, 2.75) is 13.3 Å². The van der Waals surface area contributed by atoms with Gasteiger partial charge in [0, 0.05) is 17.4 Å². The first-order valence-corrected chi connectivity index (χ1v) is 5.94. The maximum Gasteiger partial charge on any atom is 0.573 e. The molecule has 2 aromatic rings. The van der Waals surface area contributed by atoms with Gasteiger partial charge in [0.2, 0.25) is 0 Å². The van der Waals surface area contributed by atoms with Gasteiger partial charge in [0.25, 0.3) is 5.91 Å². The van der Waals surface area contributed by atoms with Gasteiger partial charge in [-0.25, -0.2) is 4.98 Å². The summed E-state index contributed by atoms with van der Waals surface area (Å²) in [7, 11) is 0. The van der Waals surface area contributed by atoms with E-state index in [4.69, 9.17) is 0 Å². The molecule has 0 saturated heterocycles. The van der Waals surface area contributed by atoms with Gasteiger partial charge in [0.1, 0.15) is 11.4 Å². The molecule has 1 amide bonds. The van der Waals surface area contributed by atoms with Crippen LogP contribution in [0, 0.1) is 6.92 Å². The molecule has 1 aromatic carbocycles. The summed E-state index contributed by atoms with van der Waals surface area (Å²) in [6.07, 6.45) is -4.78. The van der Waals surface area contributed by atoms with E-state index in [1.807, 2.05) is 0 Å². The molecule has 0 radical (unpaired) electrons. The summed E-state index contributed by atoms with van der Waals surface area (Å²) < 4.78 is 40.2. The van der Waals surface area contributed by atoms with Crippen LogP contribution < -0.4 is 10.1 Å². The first-order valence-electron chi connectivity index (χ1n) is 5.94. The van der Waals surface area contributed by atoms with Gasteiger partial charge in [0.15, 0.2) is 0 Å². The number of nitrogens with zero attached hydrogens (tertiary/aromatic N) is 1. The average molecular weight is 296 g/mol. The predicted octanol–water partition coefficient (Wildman–Crippen LogP) is 3.54. The minimum Gasteiger partial charge on any atom is -0.406 e. The number of hydrogen-bond donors (Lipinski definition) is 1. The molecule has 0 fully saturated rings. The largest absolute Gasteiger partial charge is 0.573 e. The van der Waals surface area contributed by atoms with E-state index in [1.54, 1.807) is 19.1 Å². The smallest absolute Gasteiger partial charge is 0.406 e. The Kier molecular flexibility index (Phi) is 4.11. The molecule has 2 rings (SSSR count). The van der Waals surface area contributed by atoms with Gasteiger partial charge in [-0.3, -0.25) is 4.79 Å². The molecule has 4 nitrogen and oxygen atoms in total. The Morgan fingerprint density at radius 1 is 1.19 bits per heavy atom. The van der Waals surface area contributed by atoms with Crippen LogP contribution in [0.15, 0.2) is 42.5 Å². The Hall–Kier alpha value is -2.57. The van der Waals surface area contributed by atoms with Gasteiger partial charge in [-0.05, 0) is 31.2 Å². The second-order valence-corrected chi connectivity index (χ2v) is 4.19. The van der Waals surface area contributed by atoms with Crippen LogP contribution in [0.2, 0.25) is 0 Å². The molecule has 1 heterocycles. The Bertz CT molecular complexity index is 657. The number of aryl methyl sites for hydroxylation is 1. The number of carbonyl (C=O) groups is 1. The number of alkyl halides is 3. The van der Waals surface area contributed by atoms with Gasteiger partial charge in [-0.2, -0.15) is 0 Å². The molecule has 110 valence electrons. The lowest BCUT2D eigenvalue weighted by Gasteiger charge is -2.10. The van der Waals surface area contributed by atoms with E-state index in [0.29, 0.717) is 5.69 Å². The van der Waals surface area contributed by atoms with Crippen LogP contribution in [0.1, 0.15) is 16.2 Å². The minimum absolute atomic E-state index is 0.178. The van der Waals surface area contributed by atoms with Gasteiger partial charge < -0.3 is 10.1 Å². The SMILES string of the molecule is Cc1cccc(C(=O)Nc2cccc(OC(F)(F)F)c2)n1. The van der Waals surface area contributed by atoms with E-state index < -0.39 is 18.0 Å². The second kappa shape index (κ2) is 5.82. The number of carbonyl (C=O) groups excluding carboxylic acids is 1. The number of halogens is 3. The standard InChI is InChI=1S/C14H11F3N2O2/c1-9-4-2-7-12(18-9)13(20)19-10-5-3-6-11(8-10)21-14(15,16)17/h2-8H,1H3,(H,19,20). The van der Waals surface area contributed by atoms with Crippen LogP contribution in [-0.4, -0.2) is 17.3 Å². The quantitative estimate of drug-likeness (QED) is 0.942. The summed E-state index contributed by atoms with van der Waals surface area (Å²) in [6.45, 7) is 1.73. The highest BCUT2D eigenvalue weighted by molar-refractivity contribution is 6.02. The lowest BCUT2D eigenvalue weighted by molar-refractivity contribution is -0.274. The minimum atomic E-state index is -4.78. The highest BCUT2D eigenvalue weighted by atomic mass is 19.4. The highest BCUT2D eigenvalue weighted by Gasteiger charge is 2.31. The van der Waals surface area contributed by atoms with Crippen molar-refractivity contribution in [3.05, 3.63) is 53.9 Å². The van der Waals surface area contributed by atoms with Crippen molar-refractivity contribution in [3.8, 4) is 5.75 Å². The van der Waals surface area contributed by atoms with Crippen LogP contribution in [0.25, 0.3) is 0 Å². The maximum absolute atomic E-state index is 12.1. The molecular formula is C14H11F3N2O2. The number of ether oxygens (including phenoxy) is 1. The molecule has 0 saturated carbocycles. The molecule has 1 N–H and O–H groups in total. The van der Waals surface area contributed by atoms with E-state index in [0.717, 1.165) is 12.1 Å². The number of rotatable bonds is 3. The number of amides is 1. The zero-order valence-corrected chi connectivity index (χ0v) is 10.9. The van der Waals surface area contributed by atoms with Crippen LogP contribution in [0.3, 0.4) is 0 Å². The summed E-state index contributed by atoms with van der Waals surface area (Å²) in [5, 5.41) is 2.46. The third-order valence-corrected chi connectivity index (χ3v) is 2.45. The molecule has 0 aliphatic heterocycles. The topological polar surface area (TPSA) is 51.2 Å². The van der Waals surface area contributed by atoms with E-state index in [2.05, 4.69) is 15.0 Å². The lowest BCUT2D eigenvalue weighted by atomic mass is 10.2. The van der Waals surface area contributed by atoms with Crippen LogP contribution in [0.5, 0.6) is 5.75 Å². The van der Waals surface area contributed by atoms with Gasteiger partial charge in [-0.15, -0.1) is 13.2 Å². The highest BCUT2D eigenvalue weighted by Crippen LogP contribution is 2.25. The van der Waals surface area contributed by atoms with E-state index >= 15 is 0 Å². The van der Waals surface area contributed by atoms with Crippen molar-refractivity contribution < 1.29 is 22.7 Å². The third kappa shape index (κ3) is 4.48. The second-order valence-electron chi connectivity index (χ2n) is 4.19. The summed E-state index contributed by atoms with van der Waals surface area (Å²) in [4.78, 5) is 16.0. The summed E-state index contributed by atoms with van der Waals surface area (Å²) in [6, 6.07) is 9.94. The molecule has 0 aliphatic carbocycles. The number of benzene rings is 1. The first-order chi connectivity index (χ1) is 9.83. The Labute approximate surface area is 118 Å². The number of nitrogens with one attached hydrogen (secondary N) is 1. The van der Waals surface area contributed by atoms with Crippen molar-refractivity contribution in [2.75, 3.05) is 5.32 Å². The van der Waals surface area contributed by atoms with E-state index in [-0.39, 0.29) is 11.4 Å². The summed E-state index contributed by atoms with van der Waals surface area (Å²) in [5.74, 6) is -0.916. The van der Waals surface area contributed by atoms with Crippen molar-refractivity contribution in [1.82, 2.24) is 4.98 Å². The Morgan fingerprint density at radius 3 is 2.57 bits per heavy atom. The third-order valence-electron chi connectivity index (χ3n) is 2.45. The van der Waals surface area contributed by atoms with Crippen LogP contribution in [-0.2, 0) is 0 Å². The van der Waals surface area contributed by atoms with Crippen molar-refractivity contribution in [3.63, 3.8) is 0 Å². The van der Waals surface area contributed by atoms with E-state index in [9.17, 15) is 18.0 Å². The number of aromatic nitrogens is 1. The van der Waals surface area contributed by atoms with E-state index in [1.165, 1.54) is 18.2 Å². The normalized spacial score (nSPS) is 11.0. The fraction of sp³-hybridized carbons (Fsp3) is 0.143. The molecule has 0 atom stereocenters. The predicted molar refractivity (Wildman–Crippen MR) is 70.1 cm³/mol. The van der Waals surface area contributed by atoms with Crippen molar-refractivity contribution in [2.24, 2.45) is 0 Å². The van der Waals surface area contributed by atoms with Crippen molar-refractivity contribution in [1.29, 1.82) is 0 Å². The Balaban J connectivity index is 2.13. The molecule has 0 unspecified atom stereocenters. The molecule has 21 heavy (non-hydrogen) atoms. The maximum atomic E-state index is 12.1. The lowest BCUT2D eigenvalue weighted by Crippen LogP contribution is -2.17. The molecule has 1 aromatic heterocycles. The Morgan fingerprint density at radius 2 is 1.90 bits per heavy atom. The first kappa shape index (κ1) is 14.8. The summed E-state index contributed by atoms with van der Waals surface area (Å²) in [5.41, 5.74) is 1.03. The fourth-order valence-electron chi connectivity index (χ4n) is 1.64. The number of anilines is 1. The zero-order valence-electron chi connectivity index (χ0n) is 10.9. The molecular weight excluding hydrogens is 285 g/mol. The zero-order chi connectivity index (χ0) is 15.5. The van der Waals surface area contributed by atoms with Gasteiger partial charge >= 0.3 is 6.36 Å². The fourth-order valence-corrected chi connectivity index (χ4v) is 1.64. The molecule has 7 heteroatoms. The van der Waals surface area contributed by atoms with Crippen molar-refractivity contribution >= 4 is 11.6 Å². The molecule has 0 spiro atoms. The molecule has 0 bridgehead atoms. The average Bonchev–Trinajstić information content (AvgIpc) is 2.37. The number of pyridine rings is 1.